The van der Waals surface area contributed by atoms with E-state index in [0.717, 1.165) is 97.9 Å². The van der Waals surface area contributed by atoms with Crippen molar-refractivity contribution in [2.45, 2.75) is 60.6 Å². The predicted octanol–water partition coefficient (Wildman–Crippen LogP) is 7.82. The summed E-state index contributed by atoms with van der Waals surface area (Å²) in [7, 11) is -4.23. The van der Waals surface area contributed by atoms with Crippen molar-refractivity contribution in [3.63, 3.8) is 0 Å². The van der Waals surface area contributed by atoms with Gasteiger partial charge >= 0.3 is 0 Å². The highest BCUT2D eigenvalue weighted by atomic mass is 35.5. The van der Waals surface area contributed by atoms with E-state index in [1.807, 2.05) is 42.5 Å². The summed E-state index contributed by atoms with van der Waals surface area (Å²) in [5, 5.41) is 16.6. The van der Waals surface area contributed by atoms with Gasteiger partial charge in [0.05, 0.1) is 28.7 Å². The fraction of sp³-hybridized carbons (Fsp3) is 0.378. The molecule has 4 aromatic carbocycles. The van der Waals surface area contributed by atoms with E-state index >= 15 is 0 Å². The summed E-state index contributed by atoms with van der Waals surface area (Å²) in [6.07, 6.45) is 4.76. The molecule has 1 aromatic heterocycles. The van der Waals surface area contributed by atoms with Crippen molar-refractivity contribution in [2.24, 2.45) is 0 Å². The Balaban J connectivity index is 0.901. The SMILES string of the molecule is O=[N+]([O-])c1cc(S(=O)(=O)Nc2ncnc3c2CCN(C2CCN(Cc4ccccc4-c4ccc(Cl)cc4)CC2)C3)ccc1N[C@H](CCN1CCOCC1)CSc1ccccc1. The molecular formula is C45H51ClN8O5S2. The first kappa shape index (κ1) is 43.1. The van der Waals surface area contributed by atoms with Gasteiger partial charge in [0.25, 0.3) is 15.7 Å². The van der Waals surface area contributed by atoms with E-state index in [-0.39, 0.29) is 28.1 Å². The van der Waals surface area contributed by atoms with Crippen LogP contribution in [0, 0.1) is 10.1 Å². The van der Waals surface area contributed by atoms with Gasteiger partial charge in [-0.05, 0) is 91.9 Å². The Morgan fingerprint density at radius 2 is 1.66 bits per heavy atom. The summed E-state index contributed by atoms with van der Waals surface area (Å²) in [5.74, 6) is 0.883. The molecular weight excluding hydrogens is 832 g/mol. The zero-order valence-electron chi connectivity index (χ0n) is 34.0. The van der Waals surface area contributed by atoms with E-state index in [9.17, 15) is 18.5 Å². The molecule has 0 saturated carbocycles. The second-order valence-electron chi connectivity index (χ2n) is 15.8. The molecule has 0 amide bonds. The van der Waals surface area contributed by atoms with Crippen LogP contribution in [0.1, 0.15) is 36.1 Å². The third kappa shape index (κ3) is 11.1. The van der Waals surface area contributed by atoms with Gasteiger partial charge in [-0.3, -0.25) is 29.5 Å². The van der Waals surface area contributed by atoms with Crippen LogP contribution in [0.4, 0.5) is 17.2 Å². The normalized spacial score (nSPS) is 17.4. The van der Waals surface area contributed by atoms with E-state index in [4.69, 9.17) is 16.3 Å². The van der Waals surface area contributed by atoms with Crippen LogP contribution in [0.15, 0.2) is 113 Å². The molecule has 0 radical (unpaired) electrons. The standard InChI is InChI=1S/C45H51ClN8O5S2/c46-35-12-10-33(11-13-35)40-9-5-4-6-34(40)29-52-21-17-37(18-22-52)53-23-19-41-43(30-53)47-32-48-45(41)50-61(57,58)39-14-15-42(44(28-39)54(55)56)49-36(16-20-51-24-26-59-27-25-51)31-60-38-7-2-1-3-8-38/h1-15,28,32,36-37,49H,16-27,29-31H2,(H,47,48,50)/t36-/m1/s1. The van der Waals surface area contributed by atoms with Crippen molar-refractivity contribution in [3.8, 4) is 11.1 Å². The number of nitro groups is 1. The van der Waals surface area contributed by atoms with Crippen LogP contribution in [-0.4, -0.2) is 108 Å². The lowest BCUT2D eigenvalue weighted by atomic mass is 9.96. The molecule has 16 heteroatoms. The van der Waals surface area contributed by atoms with Crippen LogP contribution in [0.25, 0.3) is 11.1 Å². The largest absolute Gasteiger partial charge is 0.379 e. The lowest BCUT2D eigenvalue weighted by molar-refractivity contribution is -0.384. The number of hydrogen-bond donors (Lipinski definition) is 2. The third-order valence-corrected chi connectivity index (χ3v) is 14.6. The number of thioether (sulfide) groups is 1. The number of hydrogen-bond acceptors (Lipinski definition) is 12. The minimum absolute atomic E-state index is 0.116. The molecule has 0 spiro atoms. The van der Waals surface area contributed by atoms with E-state index < -0.39 is 14.9 Å². The zero-order valence-corrected chi connectivity index (χ0v) is 36.4. The van der Waals surface area contributed by atoms with E-state index in [0.29, 0.717) is 38.0 Å². The molecule has 8 rings (SSSR count). The van der Waals surface area contributed by atoms with Gasteiger partial charge in [-0.25, -0.2) is 18.4 Å². The summed E-state index contributed by atoms with van der Waals surface area (Å²) in [6, 6.07) is 30.9. The Bertz CT molecular complexity index is 2380. The van der Waals surface area contributed by atoms with Gasteiger partial charge < -0.3 is 10.1 Å². The predicted molar refractivity (Wildman–Crippen MR) is 242 cm³/mol. The minimum Gasteiger partial charge on any atom is -0.379 e. The average molecular weight is 884 g/mol. The molecule has 2 N–H and O–H groups in total. The topological polar surface area (TPSA) is 146 Å². The summed E-state index contributed by atoms with van der Waals surface area (Å²) in [6.45, 7) is 8.03. The Morgan fingerprint density at radius 3 is 2.43 bits per heavy atom. The lowest BCUT2D eigenvalue weighted by Crippen LogP contribution is -2.46. The van der Waals surface area contributed by atoms with Crippen LogP contribution in [0.2, 0.25) is 5.02 Å². The Kier molecular flexibility index (Phi) is 14.2. The van der Waals surface area contributed by atoms with Crippen LogP contribution in [0.5, 0.6) is 0 Å². The number of nitro benzene ring substituents is 1. The van der Waals surface area contributed by atoms with E-state index in [1.165, 1.54) is 29.6 Å². The van der Waals surface area contributed by atoms with Gasteiger partial charge in [-0.2, -0.15) is 0 Å². The number of piperidine rings is 1. The maximum absolute atomic E-state index is 13.9. The summed E-state index contributed by atoms with van der Waals surface area (Å²) in [5.41, 5.74) is 5.19. The van der Waals surface area contributed by atoms with Crippen molar-refractivity contribution in [1.29, 1.82) is 0 Å². The van der Waals surface area contributed by atoms with Crippen LogP contribution in [0.3, 0.4) is 0 Å². The number of halogens is 1. The maximum Gasteiger partial charge on any atom is 0.293 e. The third-order valence-electron chi connectivity index (χ3n) is 11.8. The second kappa shape index (κ2) is 20.1. The molecule has 3 aliphatic rings. The number of likely N-dealkylation sites (tertiary alicyclic amines) is 1. The number of rotatable bonds is 16. The van der Waals surface area contributed by atoms with Crippen molar-refractivity contribution < 1.29 is 18.1 Å². The Hall–Kier alpha value is -4.61. The highest BCUT2D eigenvalue weighted by molar-refractivity contribution is 7.99. The summed E-state index contributed by atoms with van der Waals surface area (Å²) < 4.78 is 35.9. The van der Waals surface area contributed by atoms with Crippen LogP contribution in [-0.2, 0) is 34.3 Å². The molecule has 13 nitrogen and oxygen atoms in total. The molecule has 5 aromatic rings. The minimum atomic E-state index is -4.23. The number of nitrogens with zero attached hydrogens (tertiary/aromatic N) is 6. The van der Waals surface area contributed by atoms with E-state index in [1.54, 1.807) is 11.8 Å². The quantitative estimate of drug-likeness (QED) is 0.0566. The maximum atomic E-state index is 13.9. The van der Waals surface area contributed by atoms with Gasteiger partial charge in [0.2, 0.25) is 0 Å². The lowest BCUT2D eigenvalue weighted by Gasteiger charge is -2.40. The van der Waals surface area contributed by atoms with Gasteiger partial charge in [-0.1, -0.05) is 66.2 Å². The molecule has 0 unspecified atom stereocenters. The Labute approximate surface area is 367 Å². The molecule has 2 saturated heterocycles. The Morgan fingerprint density at radius 1 is 0.902 bits per heavy atom. The number of benzene rings is 4. The number of sulfonamides is 1. The number of morpholine rings is 1. The number of anilines is 2. The number of nitrogens with one attached hydrogen (secondary N) is 2. The smallest absolute Gasteiger partial charge is 0.293 e. The zero-order chi connectivity index (χ0) is 42.2. The van der Waals surface area contributed by atoms with Gasteiger partial charge in [-0.15, -0.1) is 11.8 Å². The number of aromatic nitrogens is 2. The molecule has 4 heterocycles. The van der Waals surface area contributed by atoms with Crippen LogP contribution < -0.4 is 10.0 Å². The van der Waals surface area contributed by atoms with Crippen molar-refractivity contribution in [2.75, 3.05) is 68.3 Å². The molecule has 0 aliphatic carbocycles. The first-order valence-electron chi connectivity index (χ1n) is 20.9. The van der Waals surface area contributed by atoms with Gasteiger partial charge in [0.1, 0.15) is 17.8 Å². The van der Waals surface area contributed by atoms with Crippen molar-refractivity contribution in [3.05, 3.63) is 135 Å². The highest BCUT2D eigenvalue weighted by Crippen LogP contribution is 2.33. The fourth-order valence-electron chi connectivity index (χ4n) is 8.46. The highest BCUT2D eigenvalue weighted by Gasteiger charge is 2.31. The van der Waals surface area contributed by atoms with Gasteiger partial charge in [0.15, 0.2) is 0 Å². The summed E-state index contributed by atoms with van der Waals surface area (Å²) >= 11 is 7.83. The average Bonchev–Trinajstić information content (AvgIpc) is 3.28. The van der Waals surface area contributed by atoms with E-state index in [2.05, 4.69) is 71.1 Å². The summed E-state index contributed by atoms with van der Waals surface area (Å²) in [4.78, 5) is 29.0. The molecule has 1 atom stereocenters. The number of fused-ring (bicyclic) bond motifs is 1. The van der Waals surface area contributed by atoms with Gasteiger partial charge in [0, 0.05) is 78.7 Å². The number of ether oxygens (including phenoxy) is 1. The monoisotopic (exact) mass is 882 g/mol. The first-order chi connectivity index (χ1) is 29.7. The first-order valence-corrected chi connectivity index (χ1v) is 23.7. The molecule has 3 aliphatic heterocycles. The van der Waals surface area contributed by atoms with Crippen molar-refractivity contribution >= 4 is 50.6 Å². The molecule has 0 bridgehead atoms. The molecule has 2 fully saturated rings. The van der Waals surface area contributed by atoms with Crippen molar-refractivity contribution in [1.82, 2.24) is 24.7 Å². The van der Waals surface area contributed by atoms with Crippen LogP contribution >= 0.6 is 23.4 Å². The second-order valence-corrected chi connectivity index (χ2v) is 19.0. The molecule has 61 heavy (non-hydrogen) atoms. The fourth-order valence-corrected chi connectivity index (χ4v) is 10.6. The molecule has 320 valence electrons.